The fourth-order valence-corrected chi connectivity index (χ4v) is 2.36. The van der Waals surface area contributed by atoms with Crippen molar-refractivity contribution in [3.63, 3.8) is 0 Å². The highest BCUT2D eigenvalue weighted by atomic mass is 16.5. The van der Waals surface area contributed by atoms with Crippen molar-refractivity contribution in [1.82, 2.24) is 9.88 Å². The number of rotatable bonds is 4. The Morgan fingerprint density at radius 3 is 3.07 bits per heavy atom. The summed E-state index contributed by atoms with van der Waals surface area (Å²) in [5, 5.41) is 3.58. The van der Waals surface area contributed by atoms with Gasteiger partial charge in [0.15, 0.2) is 0 Å². The summed E-state index contributed by atoms with van der Waals surface area (Å²) < 4.78 is 7.61. The summed E-state index contributed by atoms with van der Waals surface area (Å²) in [6.07, 6.45) is 6.21. The van der Waals surface area contributed by atoms with Crippen LogP contribution in [0.25, 0.3) is 0 Å². The number of ether oxygens (including phenoxy) is 1. The first-order valence-electron chi connectivity index (χ1n) is 5.67. The predicted octanol–water partition coefficient (Wildman–Crippen LogP) is 1.68. The van der Waals surface area contributed by atoms with E-state index in [0.29, 0.717) is 12.1 Å². The molecule has 15 heavy (non-hydrogen) atoms. The number of methoxy groups -OCH3 is 1. The molecule has 0 spiro atoms. The Kier molecular flexibility index (Phi) is 3.44. The SMILES string of the molecule is COC1CCCC1NCc1cccn1C. The van der Waals surface area contributed by atoms with Crippen LogP contribution in [0.2, 0.25) is 0 Å². The van der Waals surface area contributed by atoms with Gasteiger partial charge in [0.1, 0.15) is 0 Å². The van der Waals surface area contributed by atoms with Crippen molar-refractivity contribution >= 4 is 0 Å². The largest absolute Gasteiger partial charge is 0.380 e. The second kappa shape index (κ2) is 4.81. The monoisotopic (exact) mass is 208 g/mol. The molecule has 1 aliphatic carbocycles. The Labute approximate surface area is 91.4 Å². The molecule has 3 heteroatoms. The van der Waals surface area contributed by atoms with Crippen LogP contribution in [0.4, 0.5) is 0 Å². The number of hydrogen-bond donors (Lipinski definition) is 1. The number of aromatic nitrogens is 1. The molecule has 1 aromatic heterocycles. The molecule has 1 N–H and O–H groups in total. The summed E-state index contributed by atoms with van der Waals surface area (Å²) in [6.45, 7) is 0.939. The fraction of sp³-hybridized carbons (Fsp3) is 0.667. The summed E-state index contributed by atoms with van der Waals surface area (Å²) in [6, 6.07) is 4.77. The molecule has 0 amide bonds. The highest BCUT2D eigenvalue weighted by Crippen LogP contribution is 2.21. The van der Waals surface area contributed by atoms with Gasteiger partial charge in [-0.3, -0.25) is 0 Å². The standard InChI is InChI=1S/C12H20N2O/c1-14-8-4-5-10(14)9-13-11-6-3-7-12(11)15-2/h4-5,8,11-13H,3,6-7,9H2,1-2H3. The molecule has 1 heterocycles. The molecule has 0 aromatic carbocycles. The predicted molar refractivity (Wildman–Crippen MR) is 60.7 cm³/mol. The molecular weight excluding hydrogens is 188 g/mol. The molecular formula is C12H20N2O. The molecule has 2 unspecified atom stereocenters. The third-order valence-corrected chi connectivity index (χ3v) is 3.35. The van der Waals surface area contributed by atoms with Crippen molar-refractivity contribution in [3.05, 3.63) is 24.0 Å². The van der Waals surface area contributed by atoms with Crippen molar-refractivity contribution in [1.29, 1.82) is 0 Å². The molecule has 2 rings (SSSR count). The maximum atomic E-state index is 5.45. The normalized spacial score (nSPS) is 26.0. The summed E-state index contributed by atoms with van der Waals surface area (Å²) >= 11 is 0. The van der Waals surface area contributed by atoms with Crippen LogP contribution < -0.4 is 5.32 Å². The molecule has 0 bridgehead atoms. The Balaban J connectivity index is 1.85. The van der Waals surface area contributed by atoms with E-state index in [1.165, 1.54) is 25.0 Å². The lowest BCUT2D eigenvalue weighted by molar-refractivity contribution is 0.0845. The first kappa shape index (κ1) is 10.7. The average molecular weight is 208 g/mol. The van der Waals surface area contributed by atoms with Gasteiger partial charge in [-0.2, -0.15) is 0 Å². The molecule has 1 aliphatic rings. The van der Waals surface area contributed by atoms with Crippen LogP contribution in [0, 0.1) is 0 Å². The Bertz CT molecular complexity index is 308. The van der Waals surface area contributed by atoms with E-state index in [-0.39, 0.29) is 0 Å². The molecule has 0 radical (unpaired) electrons. The first-order chi connectivity index (χ1) is 7.31. The van der Waals surface area contributed by atoms with Gasteiger partial charge < -0.3 is 14.6 Å². The van der Waals surface area contributed by atoms with E-state index in [2.05, 4.69) is 35.3 Å². The van der Waals surface area contributed by atoms with E-state index >= 15 is 0 Å². The molecule has 3 nitrogen and oxygen atoms in total. The van der Waals surface area contributed by atoms with Crippen LogP contribution in [0.15, 0.2) is 18.3 Å². The van der Waals surface area contributed by atoms with Crippen LogP contribution in [-0.4, -0.2) is 23.8 Å². The van der Waals surface area contributed by atoms with E-state index in [4.69, 9.17) is 4.74 Å². The summed E-state index contributed by atoms with van der Waals surface area (Å²) in [7, 11) is 3.90. The first-order valence-corrected chi connectivity index (χ1v) is 5.67. The molecule has 2 atom stereocenters. The van der Waals surface area contributed by atoms with Gasteiger partial charge in [-0.15, -0.1) is 0 Å². The summed E-state index contributed by atoms with van der Waals surface area (Å²) in [5.74, 6) is 0. The number of hydrogen-bond acceptors (Lipinski definition) is 2. The van der Waals surface area contributed by atoms with Crippen molar-refractivity contribution in [2.75, 3.05) is 7.11 Å². The van der Waals surface area contributed by atoms with Gasteiger partial charge in [0.2, 0.25) is 0 Å². The van der Waals surface area contributed by atoms with E-state index in [1.54, 1.807) is 0 Å². The van der Waals surface area contributed by atoms with Crippen molar-refractivity contribution < 1.29 is 4.74 Å². The zero-order valence-electron chi connectivity index (χ0n) is 9.57. The molecule has 84 valence electrons. The van der Waals surface area contributed by atoms with Gasteiger partial charge in [-0.25, -0.2) is 0 Å². The maximum Gasteiger partial charge on any atom is 0.0724 e. The average Bonchev–Trinajstić information content (AvgIpc) is 2.83. The van der Waals surface area contributed by atoms with Gasteiger partial charge in [-0.1, -0.05) is 0 Å². The molecule has 1 fully saturated rings. The molecule has 0 saturated heterocycles. The number of nitrogens with one attached hydrogen (secondary N) is 1. The Morgan fingerprint density at radius 2 is 2.40 bits per heavy atom. The topological polar surface area (TPSA) is 26.2 Å². The van der Waals surface area contributed by atoms with E-state index in [0.717, 1.165) is 6.54 Å². The lowest BCUT2D eigenvalue weighted by atomic mass is 10.2. The van der Waals surface area contributed by atoms with Crippen LogP contribution >= 0.6 is 0 Å². The fourth-order valence-electron chi connectivity index (χ4n) is 2.36. The second-order valence-corrected chi connectivity index (χ2v) is 4.30. The molecule has 0 aliphatic heterocycles. The Hall–Kier alpha value is -0.800. The second-order valence-electron chi connectivity index (χ2n) is 4.30. The van der Waals surface area contributed by atoms with Crippen LogP contribution in [-0.2, 0) is 18.3 Å². The van der Waals surface area contributed by atoms with E-state index < -0.39 is 0 Å². The van der Waals surface area contributed by atoms with Crippen molar-refractivity contribution in [2.24, 2.45) is 7.05 Å². The van der Waals surface area contributed by atoms with Crippen LogP contribution in [0.1, 0.15) is 25.0 Å². The van der Waals surface area contributed by atoms with E-state index in [1.807, 2.05) is 7.11 Å². The van der Waals surface area contributed by atoms with Crippen molar-refractivity contribution in [3.8, 4) is 0 Å². The molecule has 1 saturated carbocycles. The zero-order valence-corrected chi connectivity index (χ0v) is 9.57. The number of aryl methyl sites for hydroxylation is 1. The zero-order chi connectivity index (χ0) is 10.7. The van der Waals surface area contributed by atoms with E-state index in [9.17, 15) is 0 Å². The smallest absolute Gasteiger partial charge is 0.0724 e. The third-order valence-electron chi connectivity index (χ3n) is 3.35. The van der Waals surface area contributed by atoms with Gasteiger partial charge in [0.05, 0.1) is 6.10 Å². The quantitative estimate of drug-likeness (QED) is 0.815. The minimum atomic E-state index is 0.408. The van der Waals surface area contributed by atoms with Crippen molar-refractivity contribution in [2.45, 2.75) is 38.0 Å². The minimum Gasteiger partial charge on any atom is -0.380 e. The van der Waals surface area contributed by atoms with Crippen LogP contribution in [0.5, 0.6) is 0 Å². The van der Waals surface area contributed by atoms with Gasteiger partial charge >= 0.3 is 0 Å². The van der Waals surface area contributed by atoms with Gasteiger partial charge in [0, 0.05) is 38.6 Å². The Morgan fingerprint density at radius 1 is 1.53 bits per heavy atom. The summed E-state index contributed by atoms with van der Waals surface area (Å²) in [4.78, 5) is 0. The van der Waals surface area contributed by atoms with Crippen LogP contribution in [0.3, 0.4) is 0 Å². The number of nitrogens with zero attached hydrogens (tertiary/aromatic N) is 1. The van der Waals surface area contributed by atoms with Gasteiger partial charge in [0.25, 0.3) is 0 Å². The third kappa shape index (κ3) is 2.41. The highest BCUT2D eigenvalue weighted by Gasteiger charge is 2.26. The summed E-state index contributed by atoms with van der Waals surface area (Å²) in [5.41, 5.74) is 1.33. The minimum absolute atomic E-state index is 0.408. The highest BCUT2D eigenvalue weighted by molar-refractivity contribution is 5.06. The lowest BCUT2D eigenvalue weighted by Crippen LogP contribution is -2.36. The maximum absolute atomic E-state index is 5.45. The van der Waals surface area contributed by atoms with Gasteiger partial charge in [-0.05, 0) is 31.4 Å². The molecule has 1 aromatic rings. The lowest BCUT2D eigenvalue weighted by Gasteiger charge is -2.19.